The normalized spacial score (nSPS) is 11.2. The number of imidazole rings is 2. The lowest BCUT2D eigenvalue weighted by Gasteiger charge is -2.03. The molecular weight excluding hydrogens is 252 g/mol. The van der Waals surface area contributed by atoms with Crippen LogP contribution in [0, 0.1) is 0 Å². The summed E-state index contributed by atoms with van der Waals surface area (Å²) in [6.45, 7) is 0.664. The van der Waals surface area contributed by atoms with Crippen LogP contribution in [0.25, 0.3) is 17.2 Å². The van der Waals surface area contributed by atoms with Gasteiger partial charge in [0.05, 0.1) is 18.5 Å². The zero-order chi connectivity index (χ0) is 13.4. The van der Waals surface area contributed by atoms with Gasteiger partial charge in [-0.25, -0.2) is 9.97 Å². The van der Waals surface area contributed by atoms with Gasteiger partial charge >= 0.3 is 0 Å². The van der Waals surface area contributed by atoms with E-state index in [2.05, 4.69) is 9.97 Å². The highest BCUT2D eigenvalue weighted by Crippen LogP contribution is 2.18. The third-order valence-corrected chi connectivity index (χ3v) is 3.20. The molecule has 5 heteroatoms. The van der Waals surface area contributed by atoms with Gasteiger partial charge < -0.3 is 13.4 Å². The average Bonchev–Trinajstić information content (AvgIpc) is 3.18. The second-order valence-corrected chi connectivity index (χ2v) is 4.55. The van der Waals surface area contributed by atoms with Crippen LogP contribution in [0.15, 0.2) is 65.8 Å². The van der Waals surface area contributed by atoms with E-state index >= 15 is 0 Å². The summed E-state index contributed by atoms with van der Waals surface area (Å²) in [5.41, 5.74) is 1.93. The molecule has 4 aromatic heterocycles. The predicted molar refractivity (Wildman–Crippen MR) is 74.2 cm³/mol. The van der Waals surface area contributed by atoms with Gasteiger partial charge in [0.2, 0.25) is 0 Å². The van der Waals surface area contributed by atoms with Crippen molar-refractivity contribution in [2.24, 2.45) is 0 Å². The third kappa shape index (κ3) is 1.80. The summed E-state index contributed by atoms with van der Waals surface area (Å²) < 4.78 is 9.45. The summed E-state index contributed by atoms with van der Waals surface area (Å²) in [7, 11) is 0. The fraction of sp³-hybridized carbons (Fsp3) is 0.0667. The molecule has 0 amide bonds. The van der Waals surface area contributed by atoms with Crippen molar-refractivity contribution in [2.75, 3.05) is 0 Å². The Hall–Kier alpha value is -2.82. The van der Waals surface area contributed by atoms with Crippen molar-refractivity contribution in [2.45, 2.75) is 6.54 Å². The number of pyridine rings is 1. The average molecular weight is 264 g/mol. The maximum Gasteiger partial charge on any atom is 0.176 e. The first kappa shape index (κ1) is 11.0. The number of rotatable bonds is 3. The van der Waals surface area contributed by atoms with E-state index in [0.29, 0.717) is 6.54 Å². The zero-order valence-electron chi connectivity index (χ0n) is 10.7. The van der Waals surface area contributed by atoms with Crippen LogP contribution < -0.4 is 0 Å². The lowest BCUT2D eigenvalue weighted by molar-refractivity contribution is 0.571. The molecule has 0 aliphatic rings. The maximum atomic E-state index is 5.41. The van der Waals surface area contributed by atoms with E-state index < -0.39 is 0 Å². The minimum atomic E-state index is 0.664. The van der Waals surface area contributed by atoms with E-state index in [1.54, 1.807) is 12.5 Å². The number of hydrogen-bond donors (Lipinski definition) is 0. The van der Waals surface area contributed by atoms with Gasteiger partial charge in [-0.1, -0.05) is 6.07 Å². The van der Waals surface area contributed by atoms with Crippen molar-refractivity contribution in [3.63, 3.8) is 0 Å². The van der Waals surface area contributed by atoms with Crippen LogP contribution in [0.4, 0.5) is 0 Å². The standard InChI is InChI=1S/C15H12N4O/c1-2-7-18-10-12(17-14(18)5-1)11-19-8-6-16-15(19)13-4-3-9-20-13/h1-10H,11H2. The second-order valence-electron chi connectivity index (χ2n) is 4.55. The van der Waals surface area contributed by atoms with Crippen LogP contribution in [0.1, 0.15) is 5.69 Å². The van der Waals surface area contributed by atoms with Gasteiger partial charge in [-0.2, -0.15) is 0 Å². The predicted octanol–water partition coefficient (Wildman–Crippen LogP) is 2.84. The van der Waals surface area contributed by atoms with Gasteiger partial charge in [-0.3, -0.25) is 0 Å². The highest BCUT2D eigenvalue weighted by atomic mass is 16.3. The molecule has 5 nitrogen and oxygen atoms in total. The Bertz CT molecular complexity index is 809. The van der Waals surface area contributed by atoms with Crippen LogP contribution in [0.2, 0.25) is 0 Å². The molecule has 0 atom stereocenters. The number of fused-ring (bicyclic) bond motifs is 1. The number of furan rings is 1. The SMILES string of the molecule is c1coc(-c2nccn2Cc2cn3ccccc3n2)c1. The molecular formula is C15H12N4O. The van der Waals surface area contributed by atoms with E-state index in [9.17, 15) is 0 Å². The first-order valence-electron chi connectivity index (χ1n) is 6.38. The largest absolute Gasteiger partial charge is 0.461 e. The lowest BCUT2D eigenvalue weighted by atomic mass is 10.4. The minimum Gasteiger partial charge on any atom is -0.461 e. The quantitative estimate of drug-likeness (QED) is 0.571. The summed E-state index contributed by atoms with van der Waals surface area (Å²) in [5.74, 6) is 1.57. The molecule has 0 fully saturated rings. The molecule has 0 spiro atoms. The Kier molecular flexibility index (Phi) is 2.42. The van der Waals surface area contributed by atoms with Gasteiger partial charge in [-0.05, 0) is 24.3 Å². The van der Waals surface area contributed by atoms with Gasteiger partial charge in [0, 0.05) is 24.8 Å². The summed E-state index contributed by atoms with van der Waals surface area (Å²) in [6.07, 6.45) is 9.38. The molecule has 98 valence electrons. The van der Waals surface area contributed by atoms with E-state index in [-0.39, 0.29) is 0 Å². The van der Waals surface area contributed by atoms with Crippen molar-refractivity contribution in [1.82, 2.24) is 18.9 Å². The molecule has 0 aliphatic heterocycles. The zero-order valence-corrected chi connectivity index (χ0v) is 10.7. The highest BCUT2D eigenvalue weighted by Gasteiger charge is 2.10. The van der Waals surface area contributed by atoms with Gasteiger partial charge in [0.15, 0.2) is 11.6 Å². The number of hydrogen-bond acceptors (Lipinski definition) is 3. The van der Waals surface area contributed by atoms with Crippen molar-refractivity contribution < 1.29 is 4.42 Å². The van der Waals surface area contributed by atoms with Crippen LogP contribution in [0.3, 0.4) is 0 Å². The third-order valence-electron chi connectivity index (χ3n) is 3.20. The van der Waals surface area contributed by atoms with Gasteiger partial charge in [0.1, 0.15) is 5.65 Å². The van der Waals surface area contributed by atoms with E-state index in [4.69, 9.17) is 4.42 Å². The van der Waals surface area contributed by atoms with Crippen LogP contribution in [0.5, 0.6) is 0 Å². The molecule has 4 heterocycles. The molecule has 0 saturated carbocycles. The summed E-state index contributed by atoms with van der Waals surface area (Å²) in [4.78, 5) is 8.94. The monoisotopic (exact) mass is 264 g/mol. The number of nitrogens with zero attached hydrogens (tertiary/aromatic N) is 4. The van der Waals surface area contributed by atoms with Crippen LogP contribution in [-0.4, -0.2) is 18.9 Å². The van der Waals surface area contributed by atoms with Gasteiger partial charge in [-0.15, -0.1) is 0 Å². The van der Waals surface area contributed by atoms with Crippen LogP contribution >= 0.6 is 0 Å². The Balaban J connectivity index is 1.71. The van der Waals surface area contributed by atoms with Crippen molar-refractivity contribution >= 4 is 5.65 Å². The fourth-order valence-electron chi connectivity index (χ4n) is 2.31. The minimum absolute atomic E-state index is 0.664. The van der Waals surface area contributed by atoms with Gasteiger partial charge in [0.25, 0.3) is 0 Å². The molecule has 0 bridgehead atoms. The first-order chi connectivity index (χ1) is 9.90. The molecule has 0 radical (unpaired) electrons. The Morgan fingerprint density at radius 1 is 1.10 bits per heavy atom. The Labute approximate surface area is 115 Å². The fourth-order valence-corrected chi connectivity index (χ4v) is 2.31. The first-order valence-corrected chi connectivity index (χ1v) is 6.38. The summed E-state index contributed by atoms with van der Waals surface area (Å²) in [6, 6.07) is 9.73. The Morgan fingerprint density at radius 2 is 2.10 bits per heavy atom. The molecule has 0 aliphatic carbocycles. The van der Waals surface area contributed by atoms with Crippen molar-refractivity contribution in [3.8, 4) is 11.6 Å². The van der Waals surface area contributed by atoms with E-state index in [1.165, 1.54) is 0 Å². The highest BCUT2D eigenvalue weighted by molar-refractivity contribution is 5.47. The lowest BCUT2D eigenvalue weighted by Crippen LogP contribution is -2.00. The molecule has 20 heavy (non-hydrogen) atoms. The molecule has 4 aromatic rings. The molecule has 0 saturated heterocycles. The van der Waals surface area contributed by atoms with Crippen molar-refractivity contribution in [3.05, 3.63) is 67.1 Å². The molecule has 0 N–H and O–H groups in total. The molecule has 0 aromatic carbocycles. The second kappa shape index (κ2) is 4.38. The van der Waals surface area contributed by atoms with E-state index in [1.807, 2.05) is 57.9 Å². The summed E-state index contributed by atoms with van der Waals surface area (Å²) in [5, 5.41) is 0. The van der Waals surface area contributed by atoms with Crippen LogP contribution in [-0.2, 0) is 6.54 Å². The summed E-state index contributed by atoms with van der Waals surface area (Å²) >= 11 is 0. The van der Waals surface area contributed by atoms with Crippen molar-refractivity contribution in [1.29, 1.82) is 0 Å². The maximum absolute atomic E-state index is 5.41. The molecule has 4 rings (SSSR count). The Morgan fingerprint density at radius 3 is 2.95 bits per heavy atom. The van der Waals surface area contributed by atoms with E-state index in [0.717, 1.165) is 22.9 Å². The topological polar surface area (TPSA) is 48.3 Å². The number of aromatic nitrogens is 4. The molecule has 0 unspecified atom stereocenters. The smallest absolute Gasteiger partial charge is 0.176 e.